The molecule has 0 heterocycles. The van der Waals surface area contributed by atoms with Gasteiger partial charge in [0.25, 0.3) is 0 Å². The first-order valence-corrected chi connectivity index (χ1v) is 6.38. The molecule has 104 valence electrons. The molecule has 1 rings (SSSR count). The average molecular weight is 257 g/mol. The van der Waals surface area contributed by atoms with Crippen LogP contribution in [0.5, 0.6) is 0 Å². The minimum Gasteiger partial charge on any atom is -0.481 e. The molecule has 0 spiro atoms. The molecule has 2 atom stereocenters. The summed E-state index contributed by atoms with van der Waals surface area (Å²) in [5.74, 6) is -1.40. The summed E-state index contributed by atoms with van der Waals surface area (Å²) in [6, 6.07) is 0. The molecule has 0 radical (unpaired) electrons. The molecule has 0 aromatic heterocycles. The molecule has 1 saturated carbocycles. The zero-order valence-corrected chi connectivity index (χ0v) is 11.6. The number of nitrogens with one attached hydrogen (secondary N) is 1. The van der Waals surface area contributed by atoms with Crippen LogP contribution in [0.3, 0.4) is 0 Å². The predicted molar refractivity (Wildman–Crippen MR) is 67.4 cm³/mol. The molecule has 0 aromatic carbocycles. The van der Waals surface area contributed by atoms with E-state index in [1.165, 1.54) is 0 Å². The van der Waals surface area contributed by atoms with Crippen molar-refractivity contribution in [2.45, 2.75) is 64.5 Å². The second-order valence-corrected chi connectivity index (χ2v) is 6.18. The summed E-state index contributed by atoms with van der Waals surface area (Å²) in [5.41, 5.74) is -1.29. The molecule has 1 aliphatic rings. The van der Waals surface area contributed by atoms with Gasteiger partial charge in [0.1, 0.15) is 5.60 Å². The van der Waals surface area contributed by atoms with Gasteiger partial charge >= 0.3 is 12.1 Å². The number of carboxylic acid groups (broad SMARTS) is 1. The fourth-order valence-corrected chi connectivity index (χ4v) is 2.42. The Hall–Kier alpha value is -1.26. The van der Waals surface area contributed by atoms with E-state index in [0.29, 0.717) is 12.8 Å². The largest absolute Gasteiger partial charge is 0.481 e. The maximum atomic E-state index is 11.8. The minimum atomic E-state index is -0.853. The number of hydrogen-bond donors (Lipinski definition) is 2. The van der Waals surface area contributed by atoms with Crippen molar-refractivity contribution in [3.8, 4) is 0 Å². The molecule has 5 heteroatoms. The zero-order chi connectivity index (χ0) is 14.0. The van der Waals surface area contributed by atoms with Gasteiger partial charge in [0.05, 0.1) is 11.5 Å². The Morgan fingerprint density at radius 2 is 1.94 bits per heavy atom. The quantitative estimate of drug-likeness (QED) is 0.797. The third-order valence-electron chi connectivity index (χ3n) is 3.29. The Morgan fingerprint density at radius 3 is 2.44 bits per heavy atom. The maximum absolute atomic E-state index is 11.8. The molecule has 5 nitrogen and oxygen atoms in total. The van der Waals surface area contributed by atoms with Crippen LogP contribution in [0.2, 0.25) is 0 Å². The van der Waals surface area contributed by atoms with E-state index in [1.807, 2.05) is 0 Å². The molecule has 0 aliphatic heterocycles. The molecule has 1 amide bonds. The molecule has 1 fully saturated rings. The van der Waals surface area contributed by atoms with E-state index in [-0.39, 0.29) is 0 Å². The summed E-state index contributed by atoms with van der Waals surface area (Å²) in [5, 5.41) is 12.0. The molecule has 0 aromatic rings. The highest BCUT2D eigenvalue weighted by molar-refractivity contribution is 5.75. The van der Waals surface area contributed by atoms with Crippen LogP contribution in [-0.2, 0) is 9.53 Å². The summed E-state index contributed by atoms with van der Waals surface area (Å²) in [6.45, 7) is 7.13. The van der Waals surface area contributed by atoms with Crippen LogP contribution >= 0.6 is 0 Å². The number of ether oxygens (including phenoxy) is 1. The Kier molecular flexibility index (Phi) is 4.24. The summed E-state index contributed by atoms with van der Waals surface area (Å²) in [6.07, 6.45) is 2.54. The van der Waals surface area contributed by atoms with Crippen LogP contribution in [0, 0.1) is 5.92 Å². The third-order valence-corrected chi connectivity index (χ3v) is 3.29. The van der Waals surface area contributed by atoms with Crippen molar-refractivity contribution in [2.24, 2.45) is 5.92 Å². The van der Waals surface area contributed by atoms with E-state index >= 15 is 0 Å². The van der Waals surface area contributed by atoms with Crippen molar-refractivity contribution in [2.75, 3.05) is 0 Å². The highest BCUT2D eigenvalue weighted by Crippen LogP contribution is 2.34. The van der Waals surface area contributed by atoms with Gasteiger partial charge in [-0.25, -0.2) is 4.79 Å². The van der Waals surface area contributed by atoms with Gasteiger partial charge in [0, 0.05) is 0 Å². The van der Waals surface area contributed by atoms with Crippen molar-refractivity contribution in [3.05, 3.63) is 0 Å². The van der Waals surface area contributed by atoms with Crippen molar-refractivity contribution < 1.29 is 19.4 Å². The van der Waals surface area contributed by atoms with Crippen molar-refractivity contribution in [1.29, 1.82) is 0 Å². The van der Waals surface area contributed by atoms with Crippen LogP contribution in [0.15, 0.2) is 0 Å². The maximum Gasteiger partial charge on any atom is 0.408 e. The number of carbonyl (C=O) groups excluding carboxylic acids is 1. The van der Waals surface area contributed by atoms with Gasteiger partial charge in [-0.15, -0.1) is 0 Å². The molecule has 1 aliphatic carbocycles. The first-order chi connectivity index (χ1) is 8.14. The highest BCUT2D eigenvalue weighted by Gasteiger charge is 2.42. The van der Waals surface area contributed by atoms with Crippen LogP contribution in [-0.4, -0.2) is 28.3 Å². The predicted octanol–water partition coefficient (Wildman–Crippen LogP) is 2.54. The van der Waals surface area contributed by atoms with Gasteiger partial charge < -0.3 is 15.2 Å². The zero-order valence-electron chi connectivity index (χ0n) is 11.6. The third kappa shape index (κ3) is 3.89. The number of aliphatic carboxylic acids is 1. The Labute approximate surface area is 108 Å². The van der Waals surface area contributed by atoms with E-state index in [1.54, 1.807) is 27.7 Å². The minimum absolute atomic E-state index is 0.543. The van der Waals surface area contributed by atoms with Crippen LogP contribution in [0.1, 0.15) is 53.4 Å². The van der Waals surface area contributed by atoms with E-state index in [2.05, 4.69) is 5.32 Å². The molecule has 0 saturated heterocycles. The van der Waals surface area contributed by atoms with Gasteiger partial charge in [0.2, 0.25) is 0 Å². The number of rotatable bonds is 2. The summed E-state index contributed by atoms with van der Waals surface area (Å²) in [7, 11) is 0. The Balaban J connectivity index is 2.72. The topological polar surface area (TPSA) is 75.6 Å². The lowest BCUT2D eigenvalue weighted by atomic mass is 9.74. The van der Waals surface area contributed by atoms with Gasteiger partial charge in [-0.1, -0.05) is 12.8 Å². The van der Waals surface area contributed by atoms with Gasteiger partial charge in [-0.2, -0.15) is 0 Å². The van der Waals surface area contributed by atoms with Crippen LogP contribution < -0.4 is 5.32 Å². The average Bonchev–Trinajstić information content (AvgIpc) is 2.13. The Bertz CT molecular complexity index is 334. The molecule has 18 heavy (non-hydrogen) atoms. The van der Waals surface area contributed by atoms with Crippen LogP contribution in [0.4, 0.5) is 4.79 Å². The molecule has 0 bridgehead atoms. The molecule has 2 N–H and O–H groups in total. The number of carbonyl (C=O) groups is 2. The van der Waals surface area contributed by atoms with Crippen molar-refractivity contribution in [3.63, 3.8) is 0 Å². The first kappa shape index (κ1) is 14.8. The number of amides is 1. The normalized spacial score (nSPS) is 28.6. The van der Waals surface area contributed by atoms with Crippen molar-refractivity contribution in [1.82, 2.24) is 5.32 Å². The smallest absolute Gasteiger partial charge is 0.408 e. The summed E-state index contributed by atoms with van der Waals surface area (Å²) < 4.78 is 5.19. The lowest BCUT2D eigenvalue weighted by Crippen LogP contribution is -2.56. The number of alkyl carbamates (subject to hydrolysis) is 1. The van der Waals surface area contributed by atoms with E-state index in [0.717, 1.165) is 12.8 Å². The summed E-state index contributed by atoms with van der Waals surface area (Å²) in [4.78, 5) is 23.0. The van der Waals surface area contributed by atoms with E-state index in [9.17, 15) is 14.7 Å². The fourth-order valence-electron chi connectivity index (χ4n) is 2.42. The van der Waals surface area contributed by atoms with E-state index < -0.39 is 29.1 Å². The lowest BCUT2D eigenvalue weighted by molar-refractivity contribution is -0.145. The lowest BCUT2D eigenvalue weighted by Gasteiger charge is -2.39. The number of hydrogen-bond acceptors (Lipinski definition) is 3. The second kappa shape index (κ2) is 5.16. The Morgan fingerprint density at radius 1 is 1.33 bits per heavy atom. The highest BCUT2D eigenvalue weighted by atomic mass is 16.6. The molecule has 1 unspecified atom stereocenters. The van der Waals surface area contributed by atoms with Crippen LogP contribution in [0.25, 0.3) is 0 Å². The molecular weight excluding hydrogens is 234 g/mol. The first-order valence-electron chi connectivity index (χ1n) is 6.38. The van der Waals surface area contributed by atoms with E-state index in [4.69, 9.17) is 4.74 Å². The number of carboxylic acids is 1. The van der Waals surface area contributed by atoms with Crippen molar-refractivity contribution >= 4 is 12.1 Å². The van der Waals surface area contributed by atoms with Gasteiger partial charge in [-0.3, -0.25) is 4.79 Å². The standard InChI is InChI=1S/C13H23NO4/c1-12(2,3)18-11(17)14-13(4)8-6-5-7-9(13)10(15)16/h9H,5-8H2,1-4H3,(H,14,17)(H,15,16)/t9?,13-/m1/s1. The summed E-state index contributed by atoms with van der Waals surface area (Å²) >= 11 is 0. The fraction of sp³-hybridized carbons (Fsp3) is 0.846. The molecular formula is C13H23NO4. The monoisotopic (exact) mass is 257 g/mol. The van der Waals surface area contributed by atoms with Gasteiger partial charge in [0.15, 0.2) is 0 Å². The SMILES string of the molecule is CC(C)(C)OC(=O)N[C@]1(C)CCCCC1C(=O)O. The second-order valence-electron chi connectivity index (χ2n) is 6.18. The van der Waals surface area contributed by atoms with Gasteiger partial charge in [-0.05, 0) is 40.5 Å².